The molecule has 0 atom stereocenters. The lowest BCUT2D eigenvalue weighted by atomic mass is 9.95. The predicted molar refractivity (Wildman–Crippen MR) is 80.3 cm³/mol. The van der Waals surface area contributed by atoms with E-state index >= 15 is 0 Å². The summed E-state index contributed by atoms with van der Waals surface area (Å²) < 4.78 is 0. The summed E-state index contributed by atoms with van der Waals surface area (Å²) in [7, 11) is 0. The molecule has 20 heavy (non-hydrogen) atoms. The Balaban J connectivity index is 2.12. The third-order valence-electron chi connectivity index (χ3n) is 3.59. The van der Waals surface area contributed by atoms with Crippen LogP contribution in [0.4, 0.5) is 5.69 Å². The van der Waals surface area contributed by atoms with E-state index < -0.39 is 4.92 Å². The molecular formula is C14H17BrN2O3. The molecule has 0 saturated heterocycles. The minimum atomic E-state index is -0.510. The molecule has 0 aromatic heterocycles. The Morgan fingerprint density at radius 2 is 2.00 bits per heavy atom. The highest BCUT2D eigenvalue weighted by molar-refractivity contribution is 9.09. The van der Waals surface area contributed by atoms with Crippen LogP contribution in [-0.2, 0) is 0 Å². The van der Waals surface area contributed by atoms with Gasteiger partial charge in [0.1, 0.15) is 5.56 Å². The Kier molecular flexibility index (Phi) is 4.75. The molecule has 0 aliphatic heterocycles. The van der Waals surface area contributed by atoms with Gasteiger partial charge in [-0.15, -0.1) is 0 Å². The van der Waals surface area contributed by atoms with Gasteiger partial charge >= 0.3 is 0 Å². The van der Waals surface area contributed by atoms with Crippen molar-refractivity contribution in [3.05, 3.63) is 39.4 Å². The molecule has 108 valence electrons. The molecule has 5 nitrogen and oxygen atoms in total. The zero-order chi connectivity index (χ0) is 14.7. The van der Waals surface area contributed by atoms with Gasteiger partial charge in [0.05, 0.1) is 4.92 Å². The van der Waals surface area contributed by atoms with Crippen molar-refractivity contribution in [1.82, 2.24) is 5.32 Å². The molecule has 1 aliphatic carbocycles. The van der Waals surface area contributed by atoms with Gasteiger partial charge in [-0.3, -0.25) is 14.9 Å². The minimum Gasteiger partial charge on any atom is -0.349 e. The molecule has 0 radical (unpaired) electrons. The van der Waals surface area contributed by atoms with Crippen molar-refractivity contribution in [3.8, 4) is 0 Å². The van der Waals surface area contributed by atoms with Gasteiger partial charge in [0.25, 0.3) is 11.6 Å². The van der Waals surface area contributed by atoms with Gasteiger partial charge in [-0.25, -0.2) is 0 Å². The van der Waals surface area contributed by atoms with Gasteiger partial charge in [0.15, 0.2) is 0 Å². The second-order valence-electron chi connectivity index (χ2n) is 5.20. The second-order valence-corrected chi connectivity index (χ2v) is 6.50. The van der Waals surface area contributed by atoms with Gasteiger partial charge in [-0.05, 0) is 44.2 Å². The standard InChI is InChI=1S/C14H17BrN2O3/c1-9-2-7-13(17(19)20)12(8-9)14(18)16-11-5-3-10(15)4-6-11/h2,7-8,10-11H,3-6H2,1H3,(H,16,18). The number of nitro benzene ring substituents is 1. The van der Waals surface area contributed by atoms with Crippen LogP contribution >= 0.6 is 15.9 Å². The first-order valence-corrected chi connectivity index (χ1v) is 7.59. The van der Waals surface area contributed by atoms with Crippen LogP contribution in [0.5, 0.6) is 0 Å². The van der Waals surface area contributed by atoms with Crippen LogP contribution in [0.15, 0.2) is 18.2 Å². The number of carbonyl (C=O) groups excluding carboxylic acids is 1. The molecule has 2 rings (SSSR count). The molecule has 1 saturated carbocycles. The maximum absolute atomic E-state index is 12.2. The van der Waals surface area contributed by atoms with E-state index in [9.17, 15) is 14.9 Å². The predicted octanol–water partition coefficient (Wildman–Crippen LogP) is 3.34. The SMILES string of the molecule is Cc1ccc([N+](=O)[O-])c(C(=O)NC2CCC(Br)CC2)c1. The largest absolute Gasteiger partial charge is 0.349 e. The summed E-state index contributed by atoms with van der Waals surface area (Å²) in [6.45, 7) is 1.82. The Morgan fingerprint density at radius 3 is 2.60 bits per heavy atom. The fraction of sp³-hybridized carbons (Fsp3) is 0.500. The average Bonchev–Trinajstić information content (AvgIpc) is 2.41. The number of benzene rings is 1. The van der Waals surface area contributed by atoms with Crippen molar-refractivity contribution in [2.24, 2.45) is 0 Å². The van der Waals surface area contributed by atoms with E-state index in [1.54, 1.807) is 12.1 Å². The number of amides is 1. The smallest absolute Gasteiger partial charge is 0.282 e. The van der Waals surface area contributed by atoms with Crippen LogP contribution in [0.1, 0.15) is 41.6 Å². The molecule has 1 aliphatic rings. The third-order valence-corrected chi connectivity index (χ3v) is 4.50. The molecule has 1 aromatic rings. The summed E-state index contributed by atoms with van der Waals surface area (Å²) >= 11 is 3.57. The van der Waals surface area contributed by atoms with Crippen molar-refractivity contribution in [2.75, 3.05) is 0 Å². The number of nitrogens with zero attached hydrogens (tertiary/aromatic N) is 1. The van der Waals surface area contributed by atoms with Crippen LogP contribution in [0.25, 0.3) is 0 Å². The quantitative estimate of drug-likeness (QED) is 0.521. The first-order valence-electron chi connectivity index (χ1n) is 6.67. The van der Waals surface area contributed by atoms with Gasteiger partial charge in [-0.2, -0.15) is 0 Å². The summed E-state index contributed by atoms with van der Waals surface area (Å²) in [6, 6.07) is 4.71. The molecule has 1 amide bonds. The third kappa shape index (κ3) is 3.56. The molecule has 0 heterocycles. The lowest BCUT2D eigenvalue weighted by Crippen LogP contribution is -2.38. The molecular weight excluding hydrogens is 324 g/mol. The first-order chi connectivity index (χ1) is 9.47. The van der Waals surface area contributed by atoms with Gasteiger partial charge in [-0.1, -0.05) is 22.0 Å². The van der Waals surface area contributed by atoms with Gasteiger partial charge in [0.2, 0.25) is 0 Å². The van der Waals surface area contributed by atoms with E-state index in [0.717, 1.165) is 31.2 Å². The number of alkyl halides is 1. The normalized spacial score (nSPS) is 22.3. The topological polar surface area (TPSA) is 72.2 Å². The number of rotatable bonds is 3. The highest BCUT2D eigenvalue weighted by atomic mass is 79.9. The molecule has 0 bridgehead atoms. The van der Waals surface area contributed by atoms with Crippen molar-refractivity contribution in [1.29, 1.82) is 0 Å². The summed E-state index contributed by atoms with van der Waals surface area (Å²) in [5, 5.41) is 13.9. The first kappa shape index (κ1) is 15.0. The van der Waals surface area contributed by atoms with Crippen molar-refractivity contribution >= 4 is 27.5 Å². The maximum Gasteiger partial charge on any atom is 0.282 e. The number of carbonyl (C=O) groups is 1. The second kappa shape index (κ2) is 6.35. The molecule has 1 N–H and O–H groups in total. The fourth-order valence-electron chi connectivity index (χ4n) is 2.45. The maximum atomic E-state index is 12.2. The van der Waals surface area contributed by atoms with E-state index in [4.69, 9.17) is 0 Å². The number of hydrogen-bond acceptors (Lipinski definition) is 3. The van der Waals surface area contributed by atoms with E-state index in [-0.39, 0.29) is 23.2 Å². The van der Waals surface area contributed by atoms with Crippen molar-refractivity contribution < 1.29 is 9.72 Å². The number of halogens is 1. The van der Waals surface area contributed by atoms with Gasteiger partial charge in [0, 0.05) is 16.9 Å². The van der Waals surface area contributed by atoms with Crippen molar-refractivity contribution in [3.63, 3.8) is 0 Å². The molecule has 0 spiro atoms. The molecule has 1 fully saturated rings. The minimum absolute atomic E-state index is 0.108. The lowest BCUT2D eigenvalue weighted by molar-refractivity contribution is -0.385. The van der Waals surface area contributed by atoms with Crippen LogP contribution in [0.2, 0.25) is 0 Å². The van der Waals surface area contributed by atoms with E-state index in [1.807, 2.05) is 6.92 Å². The van der Waals surface area contributed by atoms with E-state index in [2.05, 4.69) is 21.2 Å². The van der Waals surface area contributed by atoms with E-state index in [0.29, 0.717) is 4.83 Å². The Bertz CT molecular complexity index is 525. The Hall–Kier alpha value is -1.43. The van der Waals surface area contributed by atoms with Crippen LogP contribution in [-0.4, -0.2) is 21.7 Å². The molecule has 6 heteroatoms. The summed E-state index contributed by atoms with van der Waals surface area (Å²) in [5.41, 5.74) is 0.850. The zero-order valence-corrected chi connectivity index (χ0v) is 12.9. The van der Waals surface area contributed by atoms with Crippen molar-refractivity contribution in [2.45, 2.75) is 43.5 Å². The lowest BCUT2D eigenvalue weighted by Gasteiger charge is -2.26. The monoisotopic (exact) mass is 340 g/mol. The average molecular weight is 341 g/mol. The Morgan fingerprint density at radius 1 is 1.35 bits per heavy atom. The summed E-state index contributed by atoms with van der Waals surface area (Å²) in [5.74, 6) is -0.349. The van der Waals surface area contributed by atoms with Gasteiger partial charge < -0.3 is 5.32 Å². The van der Waals surface area contributed by atoms with E-state index in [1.165, 1.54) is 6.07 Å². The number of hydrogen-bond donors (Lipinski definition) is 1. The number of nitrogens with one attached hydrogen (secondary N) is 1. The van der Waals surface area contributed by atoms with Crippen LogP contribution < -0.4 is 5.32 Å². The summed E-state index contributed by atoms with van der Waals surface area (Å²) in [4.78, 5) is 23.2. The molecule has 0 unspecified atom stereocenters. The zero-order valence-electron chi connectivity index (χ0n) is 11.3. The molecule has 1 aromatic carbocycles. The fourth-order valence-corrected chi connectivity index (χ4v) is 2.98. The van der Waals surface area contributed by atoms with Crippen LogP contribution in [0, 0.1) is 17.0 Å². The highest BCUT2D eigenvalue weighted by Crippen LogP contribution is 2.25. The van der Waals surface area contributed by atoms with Crippen LogP contribution in [0.3, 0.4) is 0 Å². The summed E-state index contributed by atoms with van der Waals surface area (Å²) in [6.07, 6.45) is 3.84. The highest BCUT2D eigenvalue weighted by Gasteiger charge is 2.25. The Labute approximate surface area is 126 Å². The number of nitro groups is 1. The number of aryl methyl sites for hydroxylation is 1.